The van der Waals surface area contributed by atoms with E-state index >= 15 is 0 Å². The Labute approximate surface area is 198 Å². The minimum Gasteiger partial charge on any atom is -0.383 e. The van der Waals surface area contributed by atoms with Crippen LogP contribution >= 0.6 is 0 Å². The molecule has 3 N–H and O–H groups in total. The fraction of sp³-hybridized carbons (Fsp3) is 0.240. The molecule has 0 amide bonds. The Bertz CT molecular complexity index is 1420. The number of fused-ring (bicyclic) bond motifs is 1. The highest BCUT2D eigenvalue weighted by Crippen LogP contribution is 2.32. The van der Waals surface area contributed by atoms with Gasteiger partial charge in [-0.25, -0.2) is 18.1 Å². The Morgan fingerprint density at radius 2 is 1.71 bits per heavy atom. The van der Waals surface area contributed by atoms with Gasteiger partial charge in [-0.2, -0.15) is 0 Å². The fourth-order valence-electron chi connectivity index (χ4n) is 4.36. The molecular weight excluding hydrogens is 448 g/mol. The molecule has 1 aliphatic heterocycles. The van der Waals surface area contributed by atoms with E-state index in [1.165, 1.54) is 0 Å². The van der Waals surface area contributed by atoms with Crippen LogP contribution in [0.1, 0.15) is 12.8 Å². The second-order valence-corrected chi connectivity index (χ2v) is 10.1. The molecule has 1 aliphatic rings. The van der Waals surface area contributed by atoms with Gasteiger partial charge in [-0.15, -0.1) is 0 Å². The lowest BCUT2D eigenvalue weighted by atomic mass is 9.98. The minimum atomic E-state index is -3.79. The van der Waals surface area contributed by atoms with Crippen LogP contribution in [0.4, 0.5) is 5.82 Å². The summed E-state index contributed by atoms with van der Waals surface area (Å²) >= 11 is 0. The molecule has 3 aromatic heterocycles. The van der Waals surface area contributed by atoms with E-state index in [4.69, 9.17) is 5.73 Å². The number of nitrogens with zero attached hydrogens (tertiary/aromatic N) is 4. The molecule has 0 radical (unpaired) electrons. The van der Waals surface area contributed by atoms with E-state index in [1.807, 2.05) is 36.4 Å². The number of benzene rings is 1. The van der Waals surface area contributed by atoms with E-state index in [2.05, 4.69) is 24.6 Å². The van der Waals surface area contributed by atoms with Crippen molar-refractivity contribution < 1.29 is 8.42 Å². The maximum Gasteiger partial charge on any atom is 0.244 e. The van der Waals surface area contributed by atoms with Crippen LogP contribution in [0, 0.1) is 0 Å². The van der Waals surface area contributed by atoms with Crippen LogP contribution in [0.15, 0.2) is 72.1 Å². The summed E-state index contributed by atoms with van der Waals surface area (Å²) in [5.41, 5.74) is 10.4. The summed E-state index contributed by atoms with van der Waals surface area (Å²) in [5.74, 6) is -0.0163. The lowest BCUT2D eigenvalue weighted by molar-refractivity contribution is 0.344. The average molecular weight is 475 g/mol. The standard InChI is InChI=1S/C25H26N6O2S/c26-25-24(34(32,33)30-11-14-31-12-1-2-13-31)16-20(17-29-25)19-3-4-23-22(15-19)21(7-10-28-23)18-5-8-27-9-6-18/h3-10,15-17,30H,1-2,11-14H2,(H2,26,29). The van der Waals surface area contributed by atoms with Crippen molar-refractivity contribution in [2.75, 3.05) is 31.9 Å². The zero-order valence-electron chi connectivity index (χ0n) is 18.7. The monoisotopic (exact) mass is 474 g/mol. The SMILES string of the molecule is Nc1ncc(-c2ccc3nccc(-c4ccncc4)c3c2)cc1S(=O)(=O)NCCN1CCCC1. The number of rotatable bonds is 7. The van der Waals surface area contributed by atoms with Gasteiger partial charge in [-0.05, 0) is 79.0 Å². The van der Waals surface area contributed by atoms with Gasteiger partial charge in [0, 0.05) is 48.8 Å². The predicted molar refractivity (Wildman–Crippen MR) is 133 cm³/mol. The molecule has 8 nitrogen and oxygen atoms in total. The summed E-state index contributed by atoms with van der Waals surface area (Å²) in [4.78, 5) is 15.0. The van der Waals surface area contributed by atoms with Crippen molar-refractivity contribution in [3.63, 3.8) is 0 Å². The quantitative estimate of drug-likeness (QED) is 0.422. The van der Waals surface area contributed by atoms with Crippen molar-refractivity contribution in [3.05, 3.63) is 67.3 Å². The van der Waals surface area contributed by atoms with Crippen LogP contribution in [-0.2, 0) is 10.0 Å². The Morgan fingerprint density at radius 1 is 0.912 bits per heavy atom. The summed E-state index contributed by atoms with van der Waals surface area (Å²) in [6, 6.07) is 13.3. The first-order valence-corrected chi connectivity index (χ1v) is 12.8. The summed E-state index contributed by atoms with van der Waals surface area (Å²) in [6.07, 6.45) is 9.21. The summed E-state index contributed by atoms with van der Waals surface area (Å²) in [5, 5.41) is 0.955. The highest BCUT2D eigenvalue weighted by molar-refractivity contribution is 7.89. The van der Waals surface area contributed by atoms with E-state index in [9.17, 15) is 8.42 Å². The first-order chi connectivity index (χ1) is 16.5. The molecule has 0 unspecified atom stereocenters. The molecular formula is C25H26N6O2S. The molecule has 1 aromatic carbocycles. The molecule has 0 atom stereocenters. The number of nitrogens with one attached hydrogen (secondary N) is 1. The first-order valence-electron chi connectivity index (χ1n) is 11.3. The fourth-order valence-corrected chi connectivity index (χ4v) is 5.49. The number of likely N-dealkylation sites (tertiary alicyclic amines) is 1. The lowest BCUT2D eigenvalue weighted by Gasteiger charge is -2.15. The highest BCUT2D eigenvalue weighted by atomic mass is 32.2. The van der Waals surface area contributed by atoms with Crippen molar-refractivity contribution in [2.24, 2.45) is 0 Å². The molecule has 0 aliphatic carbocycles. The van der Waals surface area contributed by atoms with E-state index in [0.29, 0.717) is 18.7 Å². The zero-order valence-corrected chi connectivity index (χ0v) is 19.5. The third-order valence-electron chi connectivity index (χ3n) is 6.16. The Balaban J connectivity index is 1.47. The highest BCUT2D eigenvalue weighted by Gasteiger charge is 2.20. The molecule has 4 heterocycles. The van der Waals surface area contributed by atoms with Gasteiger partial charge >= 0.3 is 0 Å². The molecule has 34 heavy (non-hydrogen) atoms. The lowest BCUT2D eigenvalue weighted by Crippen LogP contribution is -2.33. The molecule has 4 aromatic rings. The number of aromatic nitrogens is 3. The van der Waals surface area contributed by atoms with Crippen LogP contribution in [0.5, 0.6) is 0 Å². The molecule has 174 valence electrons. The third kappa shape index (κ3) is 4.63. The smallest absolute Gasteiger partial charge is 0.244 e. The third-order valence-corrected chi connectivity index (χ3v) is 7.65. The Morgan fingerprint density at radius 3 is 2.50 bits per heavy atom. The van der Waals surface area contributed by atoms with Crippen LogP contribution in [0.3, 0.4) is 0 Å². The number of nitrogen functional groups attached to an aromatic ring is 1. The van der Waals surface area contributed by atoms with Crippen LogP contribution in [0.2, 0.25) is 0 Å². The number of hydrogen-bond donors (Lipinski definition) is 2. The van der Waals surface area contributed by atoms with Crippen LogP contribution < -0.4 is 10.5 Å². The van der Waals surface area contributed by atoms with Crippen molar-refractivity contribution in [1.29, 1.82) is 0 Å². The zero-order chi connectivity index (χ0) is 23.5. The Hall–Kier alpha value is -3.40. The van der Waals surface area contributed by atoms with Crippen molar-refractivity contribution in [1.82, 2.24) is 24.6 Å². The van der Waals surface area contributed by atoms with Gasteiger partial charge in [0.25, 0.3) is 0 Å². The van der Waals surface area contributed by atoms with E-state index < -0.39 is 10.0 Å². The largest absolute Gasteiger partial charge is 0.383 e. The molecule has 9 heteroatoms. The predicted octanol–water partition coefficient (Wildman–Crippen LogP) is 3.32. The number of nitrogens with two attached hydrogens (primary N) is 1. The molecule has 5 rings (SSSR count). The minimum absolute atomic E-state index is 0.00735. The summed E-state index contributed by atoms with van der Waals surface area (Å²) < 4.78 is 28.7. The average Bonchev–Trinajstić information content (AvgIpc) is 3.37. The number of anilines is 1. The van der Waals surface area contributed by atoms with E-state index in [1.54, 1.807) is 30.9 Å². The summed E-state index contributed by atoms with van der Waals surface area (Å²) in [7, 11) is -3.79. The molecule has 0 saturated carbocycles. The molecule has 0 bridgehead atoms. The number of sulfonamides is 1. The van der Waals surface area contributed by atoms with Gasteiger partial charge in [0.1, 0.15) is 10.7 Å². The second kappa shape index (κ2) is 9.46. The van der Waals surface area contributed by atoms with E-state index in [0.717, 1.165) is 53.5 Å². The van der Waals surface area contributed by atoms with Crippen LogP contribution in [-0.4, -0.2) is 54.4 Å². The maximum absolute atomic E-state index is 13.0. The maximum atomic E-state index is 13.0. The van der Waals surface area contributed by atoms with Crippen LogP contribution in [0.25, 0.3) is 33.2 Å². The normalized spacial score (nSPS) is 14.6. The number of hydrogen-bond acceptors (Lipinski definition) is 7. The van der Waals surface area contributed by atoms with Gasteiger partial charge in [0.2, 0.25) is 10.0 Å². The van der Waals surface area contributed by atoms with Crippen molar-refractivity contribution in [2.45, 2.75) is 17.7 Å². The molecule has 0 spiro atoms. The Kier molecular flexibility index (Phi) is 6.23. The van der Waals surface area contributed by atoms with Gasteiger partial charge in [0.05, 0.1) is 5.52 Å². The first kappa shape index (κ1) is 22.4. The topological polar surface area (TPSA) is 114 Å². The van der Waals surface area contributed by atoms with Crippen molar-refractivity contribution in [3.8, 4) is 22.3 Å². The number of pyridine rings is 3. The van der Waals surface area contributed by atoms with Gasteiger partial charge in [-0.1, -0.05) is 6.07 Å². The molecule has 1 saturated heterocycles. The van der Waals surface area contributed by atoms with Crippen molar-refractivity contribution >= 4 is 26.7 Å². The molecule has 1 fully saturated rings. The van der Waals surface area contributed by atoms with Gasteiger partial charge in [0.15, 0.2) is 0 Å². The van der Waals surface area contributed by atoms with Gasteiger partial charge < -0.3 is 10.6 Å². The van der Waals surface area contributed by atoms with Gasteiger partial charge in [-0.3, -0.25) is 9.97 Å². The summed E-state index contributed by atoms with van der Waals surface area (Å²) in [6.45, 7) is 3.04. The second-order valence-electron chi connectivity index (χ2n) is 8.38. The van der Waals surface area contributed by atoms with E-state index in [-0.39, 0.29) is 10.7 Å².